The second kappa shape index (κ2) is 7.68. The van der Waals surface area contributed by atoms with Gasteiger partial charge in [-0.3, -0.25) is 9.69 Å². The fourth-order valence-electron chi connectivity index (χ4n) is 4.20. The molecule has 2 fully saturated rings. The average molecular weight is 370 g/mol. The molecule has 0 radical (unpaired) electrons. The number of hydrogen-bond donors (Lipinski definition) is 0. The number of benzene rings is 1. The molecule has 2 aromatic rings. The van der Waals surface area contributed by atoms with Crippen LogP contribution >= 0.6 is 0 Å². The van der Waals surface area contributed by atoms with Gasteiger partial charge in [0.05, 0.1) is 18.6 Å². The summed E-state index contributed by atoms with van der Waals surface area (Å²) in [7, 11) is 1.64. The van der Waals surface area contributed by atoms with Crippen LogP contribution in [0.15, 0.2) is 28.7 Å². The van der Waals surface area contributed by atoms with E-state index in [1.165, 1.54) is 0 Å². The van der Waals surface area contributed by atoms with Crippen LogP contribution in [0.4, 0.5) is 0 Å². The third-order valence-electron chi connectivity index (χ3n) is 5.77. The third kappa shape index (κ3) is 3.69. The highest BCUT2D eigenvalue weighted by molar-refractivity contribution is 5.73. The Kier molecular flexibility index (Phi) is 5.11. The molecule has 0 saturated carbocycles. The molecule has 0 bridgehead atoms. The van der Waals surface area contributed by atoms with Crippen molar-refractivity contribution in [2.24, 2.45) is 0 Å². The first kappa shape index (κ1) is 18.0. The number of rotatable bonds is 4. The lowest BCUT2D eigenvalue weighted by Crippen LogP contribution is -2.45. The van der Waals surface area contributed by atoms with E-state index in [9.17, 15) is 4.79 Å². The van der Waals surface area contributed by atoms with Crippen LogP contribution in [0.3, 0.4) is 0 Å². The van der Waals surface area contributed by atoms with Crippen LogP contribution in [0.1, 0.15) is 38.0 Å². The molecule has 4 rings (SSSR count). The van der Waals surface area contributed by atoms with Gasteiger partial charge in [-0.2, -0.15) is 0 Å². The predicted octanol–water partition coefficient (Wildman–Crippen LogP) is 2.55. The summed E-state index contributed by atoms with van der Waals surface area (Å²) in [6.45, 7) is 5.36. The number of hydrogen-bond acceptors (Lipinski definition) is 6. The lowest BCUT2D eigenvalue weighted by Gasteiger charge is -2.36. The lowest BCUT2D eigenvalue weighted by molar-refractivity contribution is -0.130. The number of methoxy groups -OCH3 is 1. The number of carbonyl (C=O) groups excluding carboxylic acids is 1. The molecule has 0 aliphatic carbocycles. The lowest BCUT2D eigenvalue weighted by atomic mass is 10.0. The normalized spacial score (nSPS) is 21.6. The van der Waals surface area contributed by atoms with Gasteiger partial charge in [-0.25, -0.2) is 0 Å². The van der Waals surface area contributed by atoms with Gasteiger partial charge >= 0.3 is 0 Å². The van der Waals surface area contributed by atoms with Crippen LogP contribution in [-0.2, 0) is 4.79 Å². The van der Waals surface area contributed by atoms with Crippen molar-refractivity contribution in [2.75, 3.05) is 33.3 Å². The van der Waals surface area contributed by atoms with Gasteiger partial charge in [0.25, 0.3) is 5.89 Å². The zero-order valence-electron chi connectivity index (χ0n) is 15.9. The molecule has 3 heterocycles. The number of nitrogens with zero attached hydrogens (tertiary/aromatic N) is 4. The summed E-state index contributed by atoms with van der Waals surface area (Å²) in [5, 5.41) is 8.56. The minimum Gasteiger partial charge on any atom is -0.496 e. The largest absolute Gasteiger partial charge is 0.496 e. The van der Waals surface area contributed by atoms with Gasteiger partial charge in [-0.05, 0) is 37.9 Å². The Balaban J connectivity index is 1.40. The number of amides is 1. The summed E-state index contributed by atoms with van der Waals surface area (Å²) in [6, 6.07) is 8.23. The Morgan fingerprint density at radius 1 is 1.15 bits per heavy atom. The Morgan fingerprint density at radius 2 is 1.93 bits per heavy atom. The third-order valence-corrected chi connectivity index (χ3v) is 5.77. The van der Waals surface area contributed by atoms with E-state index in [1.807, 2.05) is 29.2 Å². The quantitative estimate of drug-likeness (QED) is 0.824. The van der Waals surface area contributed by atoms with E-state index in [4.69, 9.17) is 9.15 Å². The van der Waals surface area contributed by atoms with Crippen molar-refractivity contribution < 1.29 is 13.9 Å². The summed E-state index contributed by atoms with van der Waals surface area (Å²) in [6.07, 6.45) is 3.12. The van der Waals surface area contributed by atoms with E-state index in [2.05, 4.69) is 15.1 Å². The Hall–Kier alpha value is -2.41. The van der Waals surface area contributed by atoms with E-state index in [1.54, 1.807) is 14.0 Å². The molecular formula is C20H26N4O3. The molecule has 144 valence electrons. The summed E-state index contributed by atoms with van der Waals surface area (Å²) in [4.78, 5) is 16.0. The highest BCUT2D eigenvalue weighted by Crippen LogP contribution is 2.33. The van der Waals surface area contributed by atoms with Crippen molar-refractivity contribution in [2.45, 2.75) is 38.1 Å². The molecule has 0 spiro atoms. The smallest absolute Gasteiger partial charge is 0.251 e. The molecule has 0 N–H and O–H groups in total. The molecule has 0 unspecified atom stereocenters. The minimum atomic E-state index is 0.183. The molecule has 7 nitrogen and oxygen atoms in total. The SMILES string of the molecule is COc1ccccc1-c1nnc([C@H]2CCN(C3CCN(C(C)=O)CC3)C2)o1. The standard InChI is InChI=1S/C20H26N4O3/c1-14(25)23-11-8-16(9-12-23)24-10-7-15(13-24)19-21-22-20(27-19)17-5-3-4-6-18(17)26-2/h3-6,15-16H,7-13H2,1-2H3/t15-/m0/s1. The molecule has 2 aliphatic heterocycles. The monoisotopic (exact) mass is 370 g/mol. The number of aromatic nitrogens is 2. The number of carbonyl (C=O) groups is 1. The first-order valence-corrected chi connectivity index (χ1v) is 9.62. The number of likely N-dealkylation sites (tertiary alicyclic amines) is 2. The topological polar surface area (TPSA) is 71.7 Å². The summed E-state index contributed by atoms with van der Waals surface area (Å²) in [5.41, 5.74) is 0.824. The molecule has 1 aromatic heterocycles. The zero-order valence-corrected chi connectivity index (χ0v) is 15.9. The number of ether oxygens (including phenoxy) is 1. The first-order chi connectivity index (χ1) is 13.2. The van der Waals surface area contributed by atoms with Crippen LogP contribution in [-0.4, -0.2) is 65.2 Å². The van der Waals surface area contributed by atoms with Crippen molar-refractivity contribution in [3.05, 3.63) is 30.2 Å². The van der Waals surface area contributed by atoms with Gasteiger partial charge in [0.1, 0.15) is 5.75 Å². The van der Waals surface area contributed by atoms with E-state index in [0.29, 0.717) is 17.8 Å². The number of piperidine rings is 1. The second-order valence-corrected chi connectivity index (χ2v) is 7.36. The molecular weight excluding hydrogens is 344 g/mol. The second-order valence-electron chi connectivity index (χ2n) is 7.36. The molecule has 1 atom stereocenters. The summed E-state index contributed by atoms with van der Waals surface area (Å²) in [5.74, 6) is 2.41. The van der Waals surface area contributed by atoms with E-state index < -0.39 is 0 Å². The maximum absolute atomic E-state index is 11.5. The zero-order chi connectivity index (χ0) is 18.8. The maximum atomic E-state index is 11.5. The van der Waals surface area contributed by atoms with E-state index in [0.717, 1.165) is 56.8 Å². The number of para-hydroxylation sites is 1. The molecule has 2 aliphatic rings. The van der Waals surface area contributed by atoms with Crippen molar-refractivity contribution >= 4 is 5.91 Å². The fourth-order valence-corrected chi connectivity index (χ4v) is 4.20. The average Bonchev–Trinajstić information content (AvgIpc) is 3.37. The van der Waals surface area contributed by atoms with Gasteiger partial charge in [0.2, 0.25) is 11.8 Å². The molecule has 1 aromatic carbocycles. The van der Waals surface area contributed by atoms with E-state index >= 15 is 0 Å². The summed E-state index contributed by atoms with van der Waals surface area (Å²) >= 11 is 0. The highest BCUT2D eigenvalue weighted by atomic mass is 16.5. The van der Waals surface area contributed by atoms with Crippen molar-refractivity contribution in [3.8, 4) is 17.2 Å². The van der Waals surface area contributed by atoms with Gasteiger partial charge in [-0.1, -0.05) is 12.1 Å². The van der Waals surface area contributed by atoms with Crippen LogP contribution in [0.5, 0.6) is 5.75 Å². The first-order valence-electron chi connectivity index (χ1n) is 9.62. The Labute approximate surface area is 159 Å². The van der Waals surface area contributed by atoms with Crippen LogP contribution in [0.2, 0.25) is 0 Å². The van der Waals surface area contributed by atoms with Crippen LogP contribution in [0, 0.1) is 0 Å². The van der Waals surface area contributed by atoms with Gasteiger partial charge in [0, 0.05) is 32.6 Å². The molecule has 1 amide bonds. The highest BCUT2D eigenvalue weighted by Gasteiger charge is 2.34. The van der Waals surface area contributed by atoms with Gasteiger partial charge in [-0.15, -0.1) is 10.2 Å². The van der Waals surface area contributed by atoms with E-state index in [-0.39, 0.29) is 11.8 Å². The van der Waals surface area contributed by atoms with Crippen LogP contribution in [0.25, 0.3) is 11.5 Å². The van der Waals surface area contributed by atoms with Crippen LogP contribution < -0.4 is 4.74 Å². The summed E-state index contributed by atoms with van der Waals surface area (Å²) < 4.78 is 11.4. The fraction of sp³-hybridized carbons (Fsp3) is 0.550. The van der Waals surface area contributed by atoms with Crippen molar-refractivity contribution in [3.63, 3.8) is 0 Å². The predicted molar refractivity (Wildman–Crippen MR) is 100 cm³/mol. The van der Waals surface area contributed by atoms with Crippen molar-refractivity contribution in [1.29, 1.82) is 0 Å². The minimum absolute atomic E-state index is 0.183. The van der Waals surface area contributed by atoms with Crippen molar-refractivity contribution in [1.82, 2.24) is 20.0 Å². The van der Waals surface area contributed by atoms with Gasteiger partial charge < -0.3 is 14.1 Å². The van der Waals surface area contributed by atoms with Gasteiger partial charge in [0.15, 0.2) is 0 Å². The molecule has 2 saturated heterocycles. The Morgan fingerprint density at radius 3 is 2.67 bits per heavy atom. The molecule has 27 heavy (non-hydrogen) atoms. The molecule has 7 heteroatoms. The Bertz CT molecular complexity index is 798. The maximum Gasteiger partial charge on any atom is 0.251 e.